The van der Waals surface area contributed by atoms with E-state index in [1.54, 1.807) is 49.6 Å². The van der Waals surface area contributed by atoms with Crippen molar-refractivity contribution < 1.29 is 17.3 Å². The van der Waals surface area contributed by atoms with Crippen molar-refractivity contribution in [1.29, 1.82) is 0 Å². The first-order valence-corrected chi connectivity index (χ1v) is 13.6. The summed E-state index contributed by atoms with van der Waals surface area (Å²) in [5, 5.41) is 0. The molecule has 1 saturated heterocycles. The highest BCUT2D eigenvalue weighted by Gasteiger charge is 2.25. The summed E-state index contributed by atoms with van der Waals surface area (Å²) < 4.78 is 36.8. The molecule has 2 heterocycles. The van der Waals surface area contributed by atoms with Gasteiger partial charge in [-0.2, -0.15) is 8.42 Å². The number of hydrogen-bond acceptors (Lipinski definition) is 5. The number of piperidine rings is 1. The Labute approximate surface area is 212 Å². The average molecular weight is 503 g/mol. The normalized spacial score (nSPS) is 16.5. The van der Waals surface area contributed by atoms with Gasteiger partial charge < -0.3 is 13.9 Å². The first kappa shape index (κ1) is 24.2. The van der Waals surface area contributed by atoms with Crippen molar-refractivity contribution in [2.75, 3.05) is 13.7 Å². The minimum Gasteiger partial charge on any atom is -0.496 e. The number of nitrogens with one attached hydrogen (secondary N) is 1. The molecule has 0 amide bonds. The highest BCUT2D eigenvalue weighted by atomic mass is 32.2. The van der Waals surface area contributed by atoms with Crippen LogP contribution in [0.3, 0.4) is 0 Å². The maximum Gasteiger partial charge on any atom is 0.339 e. The molecule has 1 aromatic heterocycles. The molecule has 1 aliphatic heterocycles. The van der Waals surface area contributed by atoms with E-state index in [9.17, 15) is 8.42 Å². The lowest BCUT2D eigenvalue weighted by molar-refractivity contribution is 0.139. The number of para-hydroxylation sites is 1. The molecule has 3 aromatic carbocycles. The Morgan fingerprint density at radius 3 is 2.42 bits per heavy atom. The maximum absolute atomic E-state index is 12.9. The van der Waals surface area contributed by atoms with Gasteiger partial charge in [-0.05, 0) is 67.4 Å². The monoisotopic (exact) mass is 502 g/mol. The highest BCUT2D eigenvalue weighted by molar-refractivity contribution is 7.87. The molecule has 186 valence electrons. The third-order valence-corrected chi connectivity index (χ3v) is 7.86. The highest BCUT2D eigenvalue weighted by Crippen LogP contribution is 2.35. The molecule has 0 spiro atoms. The van der Waals surface area contributed by atoms with Crippen LogP contribution in [0.15, 0.2) is 95.9 Å². The molecule has 36 heavy (non-hydrogen) atoms. The molecule has 1 atom stereocenters. The van der Waals surface area contributed by atoms with Crippen LogP contribution >= 0.6 is 0 Å². The molecule has 5 rings (SSSR count). The van der Waals surface area contributed by atoms with E-state index in [-0.39, 0.29) is 10.6 Å². The fourth-order valence-electron chi connectivity index (χ4n) is 4.85. The molecule has 0 radical (unpaired) electrons. The SMILES string of the molecule is COc1ccc(S(=O)(=O)Oc2ccccc2)cc1-c1ccc(CN2CCCC[C@H]2c2ccccc2)[nH]1. The summed E-state index contributed by atoms with van der Waals surface area (Å²) in [6.07, 6.45) is 3.56. The van der Waals surface area contributed by atoms with Gasteiger partial charge in [-0.15, -0.1) is 0 Å². The Bertz CT molecular complexity index is 1400. The fourth-order valence-corrected chi connectivity index (χ4v) is 5.80. The molecule has 1 aliphatic rings. The van der Waals surface area contributed by atoms with Crippen molar-refractivity contribution in [1.82, 2.24) is 9.88 Å². The lowest BCUT2D eigenvalue weighted by Gasteiger charge is -2.35. The van der Waals surface area contributed by atoms with Crippen LogP contribution in [0.25, 0.3) is 11.3 Å². The number of aromatic amines is 1. The zero-order valence-corrected chi connectivity index (χ0v) is 21.1. The number of rotatable bonds is 8. The Kier molecular flexibility index (Phi) is 7.11. The number of hydrogen-bond donors (Lipinski definition) is 1. The van der Waals surface area contributed by atoms with Gasteiger partial charge in [0.25, 0.3) is 0 Å². The molecule has 0 unspecified atom stereocenters. The van der Waals surface area contributed by atoms with Crippen molar-refractivity contribution in [3.8, 4) is 22.8 Å². The summed E-state index contributed by atoms with van der Waals surface area (Å²) in [7, 11) is -2.42. The van der Waals surface area contributed by atoms with Crippen molar-refractivity contribution in [3.63, 3.8) is 0 Å². The Hall–Kier alpha value is -3.55. The quantitative estimate of drug-likeness (QED) is 0.291. The second-order valence-electron chi connectivity index (χ2n) is 9.00. The van der Waals surface area contributed by atoms with Gasteiger partial charge in [-0.25, -0.2) is 0 Å². The summed E-state index contributed by atoms with van der Waals surface area (Å²) in [6.45, 7) is 1.83. The van der Waals surface area contributed by atoms with E-state index in [4.69, 9.17) is 8.92 Å². The van der Waals surface area contributed by atoms with Gasteiger partial charge >= 0.3 is 10.1 Å². The van der Waals surface area contributed by atoms with E-state index >= 15 is 0 Å². The van der Waals surface area contributed by atoms with Crippen molar-refractivity contribution in [3.05, 3.63) is 102 Å². The van der Waals surface area contributed by atoms with E-state index in [0.29, 0.717) is 17.4 Å². The standard InChI is InChI=1S/C29H30N2O4S/c1-34-29-18-16-25(36(32,33)35-24-12-6-3-7-13-24)20-26(29)27-17-15-23(30-27)21-31-19-9-8-14-28(31)22-10-4-2-5-11-22/h2-7,10-13,15-18,20,28,30H,8-9,14,19,21H2,1H3/t28-/m0/s1. The maximum atomic E-state index is 12.9. The Balaban J connectivity index is 1.40. The van der Waals surface area contributed by atoms with E-state index < -0.39 is 10.1 Å². The van der Waals surface area contributed by atoms with Gasteiger partial charge in [0.2, 0.25) is 0 Å². The van der Waals surface area contributed by atoms with Crippen molar-refractivity contribution in [2.24, 2.45) is 0 Å². The van der Waals surface area contributed by atoms with Gasteiger partial charge in [0.05, 0.1) is 7.11 Å². The summed E-state index contributed by atoms with van der Waals surface area (Å²) >= 11 is 0. The Morgan fingerprint density at radius 1 is 0.917 bits per heavy atom. The smallest absolute Gasteiger partial charge is 0.339 e. The van der Waals surface area contributed by atoms with Crippen LogP contribution in [0.1, 0.15) is 36.6 Å². The van der Waals surface area contributed by atoms with Crippen molar-refractivity contribution in [2.45, 2.75) is 36.7 Å². The van der Waals surface area contributed by atoms with Crippen LogP contribution in [0.5, 0.6) is 11.5 Å². The third-order valence-electron chi connectivity index (χ3n) is 6.62. The zero-order chi connectivity index (χ0) is 25.0. The van der Waals surface area contributed by atoms with Crippen LogP contribution in [-0.4, -0.2) is 32.0 Å². The lowest BCUT2D eigenvalue weighted by Crippen LogP contribution is -2.33. The first-order chi connectivity index (χ1) is 17.5. The average Bonchev–Trinajstić information content (AvgIpc) is 3.38. The van der Waals surface area contributed by atoms with Gasteiger partial charge in [0.15, 0.2) is 0 Å². The van der Waals surface area contributed by atoms with Crippen LogP contribution in [0.2, 0.25) is 0 Å². The molecule has 7 heteroatoms. The number of H-pyrrole nitrogens is 1. The van der Waals surface area contributed by atoms with E-state index in [1.165, 1.54) is 24.5 Å². The molecule has 1 N–H and O–H groups in total. The number of methoxy groups -OCH3 is 1. The van der Waals surface area contributed by atoms with Crippen LogP contribution in [0, 0.1) is 0 Å². The van der Waals surface area contributed by atoms with Crippen LogP contribution in [-0.2, 0) is 16.7 Å². The summed E-state index contributed by atoms with van der Waals surface area (Å²) in [5.74, 6) is 0.855. The first-order valence-electron chi connectivity index (χ1n) is 12.2. The van der Waals surface area contributed by atoms with Gasteiger partial charge in [-0.1, -0.05) is 55.0 Å². The van der Waals surface area contributed by atoms with E-state index in [0.717, 1.165) is 30.9 Å². The molecule has 0 aliphatic carbocycles. The number of ether oxygens (including phenoxy) is 1. The number of likely N-dealkylation sites (tertiary alicyclic amines) is 1. The predicted molar refractivity (Wildman–Crippen MR) is 140 cm³/mol. The van der Waals surface area contributed by atoms with Crippen LogP contribution in [0.4, 0.5) is 0 Å². The molecular weight excluding hydrogens is 472 g/mol. The number of aromatic nitrogens is 1. The second-order valence-corrected chi connectivity index (χ2v) is 10.5. The lowest BCUT2D eigenvalue weighted by atomic mass is 9.95. The third kappa shape index (κ3) is 5.32. The molecule has 0 saturated carbocycles. The number of benzene rings is 3. The molecular formula is C29H30N2O4S. The molecule has 0 bridgehead atoms. The zero-order valence-electron chi connectivity index (χ0n) is 20.3. The fraction of sp³-hybridized carbons (Fsp3) is 0.241. The molecule has 6 nitrogen and oxygen atoms in total. The Morgan fingerprint density at radius 2 is 1.67 bits per heavy atom. The van der Waals surface area contributed by atoms with Gasteiger partial charge in [0, 0.05) is 29.5 Å². The summed E-state index contributed by atoms with van der Waals surface area (Å²) in [5.41, 5.74) is 3.89. The largest absolute Gasteiger partial charge is 0.496 e. The minimum atomic E-state index is -4.00. The molecule has 1 fully saturated rings. The van der Waals surface area contributed by atoms with Gasteiger partial charge in [-0.3, -0.25) is 4.90 Å². The topological polar surface area (TPSA) is 71.6 Å². The molecule has 4 aromatic rings. The number of nitrogens with zero attached hydrogens (tertiary/aromatic N) is 1. The second kappa shape index (κ2) is 10.6. The predicted octanol–water partition coefficient (Wildman–Crippen LogP) is 6.19. The summed E-state index contributed by atoms with van der Waals surface area (Å²) in [6, 6.07) is 28.4. The van der Waals surface area contributed by atoms with Gasteiger partial charge in [0.1, 0.15) is 16.4 Å². The van der Waals surface area contributed by atoms with Crippen LogP contribution < -0.4 is 8.92 Å². The van der Waals surface area contributed by atoms with Crippen molar-refractivity contribution >= 4 is 10.1 Å². The summed E-state index contributed by atoms with van der Waals surface area (Å²) in [4.78, 5) is 6.08. The minimum absolute atomic E-state index is 0.0680. The van der Waals surface area contributed by atoms with E-state index in [1.807, 2.05) is 6.07 Å². The van der Waals surface area contributed by atoms with E-state index in [2.05, 4.69) is 46.3 Å².